The summed E-state index contributed by atoms with van der Waals surface area (Å²) in [5, 5.41) is 3.16. The van der Waals surface area contributed by atoms with Crippen molar-refractivity contribution >= 4 is 15.7 Å². The smallest absolute Gasteiger partial charge is 0.387 e. The number of carbonyl (C=O) groups excluding carboxylic acids is 1. The zero-order valence-corrected chi connectivity index (χ0v) is 16.0. The Hall–Kier alpha value is -2.60. The highest BCUT2D eigenvalue weighted by molar-refractivity contribution is 7.92. The van der Waals surface area contributed by atoms with E-state index >= 15 is 0 Å². The Balaban J connectivity index is 1.42. The van der Waals surface area contributed by atoms with E-state index in [1.807, 2.05) is 0 Å². The van der Waals surface area contributed by atoms with Crippen molar-refractivity contribution < 1.29 is 31.5 Å². The van der Waals surface area contributed by atoms with Gasteiger partial charge in [-0.25, -0.2) is 13.4 Å². The molecule has 156 valence electrons. The van der Waals surface area contributed by atoms with Gasteiger partial charge in [0.1, 0.15) is 29.3 Å². The third-order valence-corrected chi connectivity index (χ3v) is 7.21. The summed E-state index contributed by atoms with van der Waals surface area (Å²) >= 11 is 0. The number of sulfone groups is 1. The van der Waals surface area contributed by atoms with Crippen LogP contribution >= 0.6 is 0 Å². The second-order valence-corrected chi connectivity index (χ2v) is 9.36. The van der Waals surface area contributed by atoms with Gasteiger partial charge in [0.15, 0.2) is 9.84 Å². The number of amides is 1. The average molecular weight is 428 g/mol. The summed E-state index contributed by atoms with van der Waals surface area (Å²) in [4.78, 5) is 17.8. The predicted molar refractivity (Wildman–Crippen MR) is 95.3 cm³/mol. The van der Waals surface area contributed by atoms with Crippen LogP contribution in [0.4, 0.5) is 8.78 Å². The van der Waals surface area contributed by atoms with Crippen molar-refractivity contribution in [1.29, 1.82) is 0 Å². The zero-order chi connectivity index (χ0) is 20.6. The molecule has 12 heteroatoms. The molecule has 2 fully saturated rings. The van der Waals surface area contributed by atoms with Gasteiger partial charge in [-0.1, -0.05) is 12.1 Å². The summed E-state index contributed by atoms with van der Waals surface area (Å²) in [6.07, 6.45) is 2.76. The molecule has 29 heavy (non-hydrogen) atoms. The minimum absolute atomic E-state index is 0.00891. The monoisotopic (exact) mass is 428 g/mol. The van der Waals surface area contributed by atoms with Crippen molar-refractivity contribution in [1.82, 2.24) is 19.7 Å². The van der Waals surface area contributed by atoms with Crippen LogP contribution in [0.3, 0.4) is 0 Å². The maximum atomic E-state index is 12.7. The Morgan fingerprint density at radius 1 is 1.34 bits per heavy atom. The van der Waals surface area contributed by atoms with Crippen LogP contribution in [-0.4, -0.2) is 76.9 Å². The van der Waals surface area contributed by atoms with Gasteiger partial charge in [0.05, 0.1) is 37.6 Å². The summed E-state index contributed by atoms with van der Waals surface area (Å²) in [5.41, 5.74) is -0.989. The summed E-state index contributed by atoms with van der Waals surface area (Å²) in [7, 11) is -3.48. The zero-order valence-electron chi connectivity index (χ0n) is 15.1. The van der Waals surface area contributed by atoms with E-state index in [0.29, 0.717) is 0 Å². The third kappa shape index (κ3) is 3.94. The number of hydrogen-bond acceptors (Lipinski definition) is 7. The normalized spacial score (nSPS) is 22.4. The molecule has 2 saturated heterocycles. The van der Waals surface area contributed by atoms with Crippen molar-refractivity contribution in [2.24, 2.45) is 0 Å². The molecule has 4 rings (SSSR count). The van der Waals surface area contributed by atoms with Gasteiger partial charge in [0, 0.05) is 0 Å². The predicted octanol–water partition coefficient (Wildman–Crippen LogP) is 0.588. The van der Waals surface area contributed by atoms with Gasteiger partial charge in [0.25, 0.3) is 5.91 Å². The number of rotatable bonds is 5. The van der Waals surface area contributed by atoms with Crippen molar-refractivity contribution in [3.8, 4) is 5.75 Å². The number of likely N-dealkylation sites (tertiary alicyclic amines) is 1. The topological polar surface area (TPSA) is 104 Å². The molecule has 1 amide bonds. The maximum absolute atomic E-state index is 12.7. The fourth-order valence-corrected chi connectivity index (χ4v) is 5.48. The minimum Gasteiger partial charge on any atom is -0.434 e. The largest absolute Gasteiger partial charge is 0.434 e. The lowest BCUT2D eigenvalue weighted by atomic mass is 9.94. The van der Waals surface area contributed by atoms with Crippen LogP contribution < -0.4 is 4.74 Å². The molecule has 1 aromatic carbocycles. The Morgan fingerprint density at radius 3 is 2.76 bits per heavy atom. The van der Waals surface area contributed by atoms with Crippen LogP contribution in [0.15, 0.2) is 36.9 Å². The summed E-state index contributed by atoms with van der Waals surface area (Å²) < 4.78 is 62.2. The number of halogens is 2. The number of carbonyl (C=O) groups is 1. The van der Waals surface area contributed by atoms with Gasteiger partial charge in [-0.3, -0.25) is 9.48 Å². The Kier molecular flexibility index (Phi) is 4.99. The van der Waals surface area contributed by atoms with E-state index < -0.39 is 33.2 Å². The standard InChI is InChI=1S/C17H18F2N4O5S/c18-16(19)28-14-4-2-1-3-13(14)15(24)22-7-17(8-22)9-29(25,26)12(6-27-17)5-23-11-20-10-21-23/h1-4,10-12,16H,5-9H2/t12-/m0/s1. The van der Waals surface area contributed by atoms with E-state index in [-0.39, 0.29) is 43.3 Å². The van der Waals surface area contributed by atoms with Crippen LogP contribution in [0.1, 0.15) is 10.4 Å². The van der Waals surface area contributed by atoms with Gasteiger partial charge >= 0.3 is 6.61 Å². The van der Waals surface area contributed by atoms with Crippen LogP contribution in [0.25, 0.3) is 0 Å². The SMILES string of the molecule is O=C(c1ccccc1OC(F)F)N1CC2(C1)CS(=O)(=O)[C@@H](Cn1cncn1)CO2. The lowest BCUT2D eigenvalue weighted by Gasteiger charge is -2.52. The number of aromatic nitrogens is 3. The first-order valence-corrected chi connectivity index (χ1v) is 10.5. The van der Waals surface area contributed by atoms with E-state index in [1.54, 1.807) is 0 Å². The highest BCUT2D eigenvalue weighted by Crippen LogP contribution is 2.35. The number of benzene rings is 1. The number of hydrogen-bond donors (Lipinski definition) is 0. The van der Waals surface area contributed by atoms with Crippen molar-refractivity contribution in [2.75, 3.05) is 25.4 Å². The summed E-state index contributed by atoms with van der Waals surface area (Å²) in [6, 6.07) is 5.69. The molecule has 0 aliphatic carbocycles. The summed E-state index contributed by atoms with van der Waals surface area (Å²) in [6.45, 7) is -2.82. The number of ether oxygens (including phenoxy) is 2. The van der Waals surface area contributed by atoms with Crippen molar-refractivity contribution in [2.45, 2.75) is 24.0 Å². The maximum Gasteiger partial charge on any atom is 0.387 e. The molecule has 1 spiro atoms. The quantitative estimate of drug-likeness (QED) is 0.687. The molecule has 9 nitrogen and oxygen atoms in total. The fraction of sp³-hybridized carbons (Fsp3) is 0.471. The van der Waals surface area contributed by atoms with Crippen LogP contribution in [-0.2, 0) is 21.1 Å². The first-order chi connectivity index (χ1) is 13.8. The minimum atomic E-state index is -3.48. The second kappa shape index (κ2) is 7.34. The molecule has 1 aromatic heterocycles. The van der Waals surface area contributed by atoms with Crippen molar-refractivity contribution in [3.63, 3.8) is 0 Å². The Bertz CT molecular complexity index is 993. The fourth-order valence-electron chi connectivity index (χ4n) is 3.59. The summed E-state index contributed by atoms with van der Waals surface area (Å²) in [5.74, 6) is -0.964. The van der Waals surface area contributed by atoms with E-state index in [4.69, 9.17) is 4.74 Å². The lowest BCUT2D eigenvalue weighted by Crippen LogP contribution is -2.70. The van der Waals surface area contributed by atoms with Crippen LogP contribution in [0.5, 0.6) is 5.75 Å². The Labute approximate surface area is 165 Å². The molecule has 0 N–H and O–H groups in total. The molecule has 0 unspecified atom stereocenters. The molecule has 2 aliphatic heterocycles. The lowest BCUT2D eigenvalue weighted by molar-refractivity contribution is -0.121. The van der Waals surface area contributed by atoms with Gasteiger partial charge in [0.2, 0.25) is 0 Å². The molecule has 2 aliphatic rings. The molecular formula is C17H18F2N4O5S. The van der Waals surface area contributed by atoms with Crippen LogP contribution in [0.2, 0.25) is 0 Å². The molecule has 3 heterocycles. The van der Waals surface area contributed by atoms with Gasteiger partial charge in [-0.05, 0) is 12.1 Å². The van der Waals surface area contributed by atoms with E-state index in [9.17, 15) is 22.0 Å². The molecule has 0 bridgehead atoms. The number of alkyl halides is 2. The van der Waals surface area contributed by atoms with E-state index in [0.717, 1.165) is 0 Å². The highest BCUT2D eigenvalue weighted by Gasteiger charge is 2.54. The molecule has 0 saturated carbocycles. The number of para-hydroxylation sites is 1. The van der Waals surface area contributed by atoms with Crippen LogP contribution in [0, 0.1) is 0 Å². The van der Waals surface area contributed by atoms with Gasteiger partial charge in [-0.2, -0.15) is 13.9 Å². The van der Waals surface area contributed by atoms with Gasteiger partial charge in [-0.15, -0.1) is 0 Å². The molecule has 2 aromatic rings. The first-order valence-electron chi connectivity index (χ1n) is 8.79. The third-order valence-electron chi connectivity index (χ3n) is 4.98. The Morgan fingerprint density at radius 2 is 2.10 bits per heavy atom. The second-order valence-electron chi connectivity index (χ2n) is 7.08. The van der Waals surface area contributed by atoms with Gasteiger partial charge < -0.3 is 14.4 Å². The molecular weight excluding hydrogens is 410 g/mol. The molecule has 1 atom stereocenters. The highest BCUT2D eigenvalue weighted by atomic mass is 32.2. The molecule has 0 radical (unpaired) electrons. The van der Waals surface area contributed by atoms with E-state index in [2.05, 4.69) is 14.8 Å². The van der Waals surface area contributed by atoms with Crippen molar-refractivity contribution in [3.05, 3.63) is 42.5 Å². The first kappa shape index (κ1) is 19.7. The average Bonchev–Trinajstić information content (AvgIpc) is 3.14. The number of nitrogens with zero attached hydrogens (tertiary/aromatic N) is 4. The van der Waals surface area contributed by atoms with E-state index in [1.165, 1.54) is 46.5 Å².